The average Bonchev–Trinajstić information content (AvgIpc) is 3.47. The highest BCUT2D eigenvalue weighted by Crippen LogP contribution is 2.39. The molecule has 0 saturated heterocycles. The average molecular weight is 490 g/mol. The molecule has 0 atom stereocenters. The number of nitrogens with zero attached hydrogens (tertiary/aromatic N) is 1. The molecule has 180 valence electrons. The molecule has 36 heavy (non-hydrogen) atoms. The molecular formula is C33H31NOS. The van der Waals surface area contributed by atoms with Gasteiger partial charge in [-0.3, -0.25) is 0 Å². The fourth-order valence-electron chi connectivity index (χ4n) is 5.17. The normalized spacial score (nSPS) is 12.4. The third-order valence-corrected chi connectivity index (χ3v) is 8.02. The number of rotatable bonds is 4. The molecule has 0 amide bonds. The summed E-state index contributed by atoms with van der Waals surface area (Å²) in [5.74, 6) is 0.658. The maximum Gasteiger partial charge on any atom is 0.227 e. The van der Waals surface area contributed by atoms with Gasteiger partial charge < -0.3 is 4.42 Å². The van der Waals surface area contributed by atoms with Gasteiger partial charge in [-0.2, -0.15) is 0 Å². The van der Waals surface area contributed by atoms with Crippen molar-refractivity contribution < 1.29 is 4.42 Å². The molecule has 0 radical (unpaired) electrons. The van der Waals surface area contributed by atoms with Gasteiger partial charge in [0, 0.05) is 20.5 Å². The lowest BCUT2D eigenvalue weighted by Crippen LogP contribution is -2.12. The molecule has 0 spiro atoms. The van der Waals surface area contributed by atoms with Gasteiger partial charge in [-0.25, -0.2) is 4.98 Å². The Morgan fingerprint density at radius 2 is 1.67 bits per heavy atom. The zero-order valence-electron chi connectivity index (χ0n) is 21.6. The van der Waals surface area contributed by atoms with Crippen molar-refractivity contribution in [3.8, 4) is 22.4 Å². The highest BCUT2D eigenvalue weighted by molar-refractivity contribution is 7.19. The van der Waals surface area contributed by atoms with Crippen LogP contribution in [-0.4, -0.2) is 4.98 Å². The smallest absolute Gasteiger partial charge is 0.227 e. The van der Waals surface area contributed by atoms with E-state index in [0.717, 1.165) is 28.6 Å². The number of benzene rings is 3. The number of aromatic nitrogens is 1. The maximum absolute atomic E-state index is 5.85. The van der Waals surface area contributed by atoms with Crippen LogP contribution in [0, 0.1) is 5.92 Å². The first-order valence-electron chi connectivity index (χ1n) is 12.7. The number of hydrogen-bond acceptors (Lipinski definition) is 3. The minimum atomic E-state index is 0.0190. The summed E-state index contributed by atoms with van der Waals surface area (Å²) in [4.78, 5) is 6.41. The van der Waals surface area contributed by atoms with E-state index in [1.54, 1.807) is 6.26 Å². The minimum absolute atomic E-state index is 0.0190. The Kier molecular flexibility index (Phi) is 5.49. The van der Waals surface area contributed by atoms with Crippen LogP contribution in [0.5, 0.6) is 0 Å². The summed E-state index contributed by atoms with van der Waals surface area (Å²) in [5, 5.41) is 4.91. The van der Waals surface area contributed by atoms with E-state index in [1.165, 1.54) is 36.9 Å². The van der Waals surface area contributed by atoms with E-state index in [2.05, 4.69) is 101 Å². The number of hydrogen-bond donors (Lipinski definition) is 0. The molecule has 0 bridgehead atoms. The van der Waals surface area contributed by atoms with Crippen LogP contribution in [0.4, 0.5) is 0 Å². The lowest BCUT2D eigenvalue weighted by atomic mass is 9.82. The van der Waals surface area contributed by atoms with E-state index >= 15 is 0 Å². The summed E-state index contributed by atoms with van der Waals surface area (Å²) >= 11 is 1.91. The monoisotopic (exact) mass is 489 g/mol. The molecule has 3 aromatic heterocycles. The first kappa shape index (κ1) is 23.0. The van der Waals surface area contributed by atoms with Crippen LogP contribution in [0.15, 0.2) is 83.5 Å². The SMILES string of the molecule is CC(C)Cc1cc2ccc(-c3cc(-c4cc(C(C)(C)C)c5ccccc5c4)nc4occc34)cc2s1. The minimum Gasteiger partial charge on any atom is -0.446 e. The van der Waals surface area contributed by atoms with Crippen LogP contribution < -0.4 is 0 Å². The molecular weight excluding hydrogens is 458 g/mol. The van der Waals surface area contributed by atoms with Gasteiger partial charge >= 0.3 is 0 Å². The van der Waals surface area contributed by atoms with E-state index in [1.807, 2.05) is 17.4 Å². The predicted molar refractivity (Wildman–Crippen MR) is 155 cm³/mol. The molecule has 2 nitrogen and oxygen atoms in total. The van der Waals surface area contributed by atoms with Crippen molar-refractivity contribution in [2.75, 3.05) is 0 Å². The van der Waals surface area contributed by atoms with Crippen molar-refractivity contribution in [2.24, 2.45) is 5.92 Å². The highest BCUT2D eigenvalue weighted by Gasteiger charge is 2.20. The van der Waals surface area contributed by atoms with Crippen LogP contribution in [0.3, 0.4) is 0 Å². The lowest BCUT2D eigenvalue weighted by molar-refractivity contribution is 0.596. The molecule has 0 unspecified atom stereocenters. The van der Waals surface area contributed by atoms with Crippen molar-refractivity contribution in [3.63, 3.8) is 0 Å². The molecule has 0 aliphatic rings. The van der Waals surface area contributed by atoms with E-state index in [9.17, 15) is 0 Å². The number of pyridine rings is 1. The predicted octanol–water partition coefficient (Wildman–Crippen LogP) is 10.0. The van der Waals surface area contributed by atoms with Gasteiger partial charge in [0.25, 0.3) is 0 Å². The molecule has 6 rings (SSSR count). The Bertz CT molecular complexity index is 1730. The Hall–Kier alpha value is -3.43. The van der Waals surface area contributed by atoms with Gasteiger partial charge in [-0.15, -0.1) is 11.3 Å². The van der Waals surface area contributed by atoms with E-state index in [4.69, 9.17) is 9.40 Å². The second kappa shape index (κ2) is 8.60. The van der Waals surface area contributed by atoms with Crippen LogP contribution in [0.25, 0.3) is 54.3 Å². The summed E-state index contributed by atoms with van der Waals surface area (Å²) in [7, 11) is 0. The van der Waals surface area contributed by atoms with Crippen molar-refractivity contribution in [1.82, 2.24) is 4.98 Å². The van der Waals surface area contributed by atoms with Crippen molar-refractivity contribution in [2.45, 2.75) is 46.5 Å². The summed E-state index contributed by atoms with van der Waals surface area (Å²) < 4.78 is 7.19. The molecule has 0 fully saturated rings. The quantitative estimate of drug-likeness (QED) is 0.246. The third-order valence-electron chi connectivity index (χ3n) is 6.90. The largest absolute Gasteiger partial charge is 0.446 e. The van der Waals surface area contributed by atoms with E-state index < -0.39 is 0 Å². The Balaban J connectivity index is 1.54. The fraction of sp³-hybridized carbons (Fsp3) is 0.242. The summed E-state index contributed by atoms with van der Waals surface area (Å²) in [6.45, 7) is 11.4. The van der Waals surface area contributed by atoms with Gasteiger partial charge in [0.1, 0.15) is 0 Å². The standard InChI is InChI=1S/C33H31NOS/c1-20(2)14-25-16-23-11-10-22(18-31(23)36-25)28-19-30(34-32-27(28)12-13-35-32)24-15-21-8-6-7-9-26(21)29(17-24)33(3,4)5/h6-13,15-20H,14H2,1-5H3. The van der Waals surface area contributed by atoms with E-state index in [0.29, 0.717) is 11.6 Å². The van der Waals surface area contributed by atoms with Crippen LogP contribution in [0.1, 0.15) is 45.1 Å². The van der Waals surface area contributed by atoms with Gasteiger partial charge in [0.15, 0.2) is 0 Å². The zero-order valence-corrected chi connectivity index (χ0v) is 22.4. The summed E-state index contributed by atoms with van der Waals surface area (Å²) in [6.07, 6.45) is 2.87. The third kappa shape index (κ3) is 4.12. The van der Waals surface area contributed by atoms with Crippen molar-refractivity contribution in [3.05, 3.63) is 89.5 Å². The Morgan fingerprint density at radius 3 is 2.47 bits per heavy atom. The lowest BCUT2D eigenvalue weighted by Gasteiger charge is -2.22. The first-order valence-corrected chi connectivity index (χ1v) is 13.5. The molecule has 0 aliphatic carbocycles. The number of fused-ring (bicyclic) bond motifs is 3. The summed E-state index contributed by atoms with van der Waals surface area (Å²) in [6, 6.07) is 26.6. The highest BCUT2D eigenvalue weighted by atomic mass is 32.1. The van der Waals surface area contributed by atoms with Crippen LogP contribution in [-0.2, 0) is 11.8 Å². The fourth-order valence-corrected chi connectivity index (χ4v) is 6.49. The Morgan fingerprint density at radius 1 is 0.833 bits per heavy atom. The second-order valence-electron chi connectivity index (χ2n) is 11.3. The first-order chi connectivity index (χ1) is 17.3. The topological polar surface area (TPSA) is 26.0 Å². The number of furan rings is 1. The molecule has 6 aromatic rings. The molecule has 0 N–H and O–H groups in total. The van der Waals surface area contributed by atoms with Crippen molar-refractivity contribution in [1.29, 1.82) is 0 Å². The molecule has 3 heteroatoms. The second-order valence-corrected chi connectivity index (χ2v) is 12.4. The molecule has 0 aliphatic heterocycles. The maximum atomic E-state index is 5.85. The van der Waals surface area contributed by atoms with Crippen LogP contribution >= 0.6 is 11.3 Å². The molecule has 3 heterocycles. The number of thiophene rings is 1. The van der Waals surface area contributed by atoms with Gasteiger partial charge in [-0.1, -0.05) is 71.0 Å². The van der Waals surface area contributed by atoms with Gasteiger partial charge in [-0.05, 0) is 87.0 Å². The molecule has 3 aromatic carbocycles. The van der Waals surface area contributed by atoms with E-state index in [-0.39, 0.29) is 5.41 Å². The Labute approximate surface area is 216 Å². The summed E-state index contributed by atoms with van der Waals surface area (Å²) in [5.41, 5.74) is 6.45. The molecule has 0 saturated carbocycles. The van der Waals surface area contributed by atoms with Crippen molar-refractivity contribution >= 4 is 43.3 Å². The van der Waals surface area contributed by atoms with Gasteiger partial charge in [0.05, 0.1) is 12.0 Å². The van der Waals surface area contributed by atoms with Crippen LogP contribution in [0.2, 0.25) is 0 Å². The zero-order chi connectivity index (χ0) is 25.0. The van der Waals surface area contributed by atoms with Gasteiger partial charge in [0.2, 0.25) is 5.71 Å².